The lowest BCUT2D eigenvalue weighted by Crippen LogP contribution is -2.60. The highest BCUT2D eigenvalue weighted by Gasteiger charge is 2.58. The third-order valence-electron chi connectivity index (χ3n) is 12.1. The Morgan fingerprint density at radius 3 is 2.29 bits per heavy atom. The normalized spacial score (nSPS) is 50.2. The first-order chi connectivity index (χ1) is 22.7. The molecule has 0 amide bonds. The van der Waals surface area contributed by atoms with Crippen LogP contribution in [-0.2, 0) is 38.0 Å². The van der Waals surface area contributed by atoms with Gasteiger partial charge in [-0.05, 0) is 73.8 Å². The van der Waals surface area contributed by atoms with E-state index >= 15 is 0 Å². The van der Waals surface area contributed by atoms with Gasteiger partial charge in [-0.25, -0.2) is 0 Å². The van der Waals surface area contributed by atoms with Crippen molar-refractivity contribution in [3.8, 4) is 0 Å². The molecular formula is C36H65NO12. The van der Waals surface area contributed by atoms with Crippen LogP contribution in [0.25, 0.3) is 0 Å². The zero-order valence-electron chi connectivity index (χ0n) is 31.6. The summed E-state index contributed by atoms with van der Waals surface area (Å²) in [7, 11) is 3.32. The highest BCUT2D eigenvalue weighted by atomic mass is 16.7. The number of methoxy groups -OCH3 is 1. The number of carbonyl (C=O) groups excluding carboxylic acids is 1. The largest absolute Gasteiger partial charge is 0.459 e. The van der Waals surface area contributed by atoms with E-state index in [-0.39, 0.29) is 30.9 Å². The fraction of sp³-hybridized carbons (Fsp3) is 0.972. The average Bonchev–Trinajstić information content (AvgIpc) is 3.37. The monoisotopic (exact) mass is 703 g/mol. The number of nitrogens with one attached hydrogen (secondary N) is 1. The summed E-state index contributed by atoms with van der Waals surface area (Å²) in [5, 5.41) is 48.1. The van der Waals surface area contributed by atoms with Crippen LogP contribution in [0, 0.1) is 23.7 Å². The van der Waals surface area contributed by atoms with Crippen LogP contribution in [0.15, 0.2) is 0 Å². The van der Waals surface area contributed by atoms with Crippen molar-refractivity contribution in [2.45, 2.75) is 185 Å². The molecule has 19 atom stereocenters. The molecule has 4 saturated heterocycles. The van der Waals surface area contributed by atoms with Crippen molar-refractivity contribution >= 4 is 5.97 Å². The molecule has 2 bridgehead atoms. The number of cyclic esters (lactones) is 1. The number of rotatable bonds is 9. The van der Waals surface area contributed by atoms with Crippen molar-refractivity contribution in [2.24, 2.45) is 23.7 Å². The molecule has 49 heavy (non-hydrogen) atoms. The standard InChI is InChI=1S/C36H65NO12/c1-13-24(38)36(10,42)31-19(4)27-17(2)15-35(9,49-27)30(48-33-26(39)23(37-11)14-18(3)44-33)20(5)28(21(6)32(41)47-31)46-25-16-34(8,43-12)29(40)22(7)45-25/h17-31,33,37-40,42H,13-16H2,1-12H3/t17-,18-,19+,20+,21-,22+,23+,24-,25+,26-,27+,28+,29+,30-,31-,33+,34-,35-,36-/m1/s1. The van der Waals surface area contributed by atoms with Crippen molar-refractivity contribution < 1.29 is 58.4 Å². The number of likely N-dealkylation sites (N-methyl/N-ethyl adjacent to an activating group) is 1. The molecule has 0 radical (unpaired) electrons. The summed E-state index contributed by atoms with van der Waals surface area (Å²) < 4.78 is 44.9. The van der Waals surface area contributed by atoms with Gasteiger partial charge in [-0.1, -0.05) is 27.7 Å². The number of hydrogen-bond acceptors (Lipinski definition) is 13. The van der Waals surface area contributed by atoms with Gasteiger partial charge < -0.3 is 58.9 Å². The van der Waals surface area contributed by atoms with E-state index < -0.39 is 102 Å². The van der Waals surface area contributed by atoms with E-state index in [9.17, 15) is 25.2 Å². The van der Waals surface area contributed by atoms with Crippen molar-refractivity contribution in [1.29, 1.82) is 0 Å². The molecule has 4 heterocycles. The minimum atomic E-state index is -1.78. The van der Waals surface area contributed by atoms with E-state index in [1.807, 2.05) is 27.7 Å². The predicted octanol–water partition coefficient (Wildman–Crippen LogP) is 2.28. The van der Waals surface area contributed by atoms with E-state index in [4.69, 9.17) is 33.2 Å². The molecule has 0 aliphatic carbocycles. The summed E-state index contributed by atoms with van der Waals surface area (Å²) in [5.74, 6) is -2.67. The lowest BCUT2D eigenvalue weighted by molar-refractivity contribution is -0.316. The number of hydrogen-bond donors (Lipinski definition) is 5. The Morgan fingerprint density at radius 1 is 1.04 bits per heavy atom. The smallest absolute Gasteiger partial charge is 0.311 e. The molecule has 5 N–H and O–H groups in total. The minimum absolute atomic E-state index is 0.0575. The van der Waals surface area contributed by atoms with Gasteiger partial charge in [-0.3, -0.25) is 4.79 Å². The Morgan fingerprint density at radius 2 is 1.69 bits per heavy atom. The van der Waals surface area contributed by atoms with Gasteiger partial charge in [0.15, 0.2) is 12.6 Å². The molecule has 4 fully saturated rings. The molecule has 0 aromatic heterocycles. The number of aliphatic hydroxyl groups excluding tert-OH is 3. The Bertz CT molecular complexity index is 1110. The fourth-order valence-corrected chi connectivity index (χ4v) is 9.00. The highest BCUT2D eigenvalue weighted by Crippen LogP contribution is 2.48. The summed E-state index contributed by atoms with van der Waals surface area (Å²) in [5.41, 5.74) is -3.72. The van der Waals surface area contributed by atoms with Gasteiger partial charge in [0.05, 0.1) is 53.7 Å². The number of aliphatic hydroxyl groups is 4. The highest BCUT2D eigenvalue weighted by molar-refractivity contribution is 5.73. The molecule has 0 aromatic carbocycles. The van der Waals surface area contributed by atoms with Crippen LogP contribution in [0.4, 0.5) is 0 Å². The summed E-state index contributed by atoms with van der Waals surface area (Å²) in [6.07, 6.45) is -7.41. The zero-order chi connectivity index (χ0) is 36.8. The maximum absolute atomic E-state index is 14.2. The summed E-state index contributed by atoms with van der Waals surface area (Å²) in [6.45, 7) is 18.3. The van der Waals surface area contributed by atoms with E-state index in [0.717, 1.165) is 0 Å². The second-order valence-electron chi connectivity index (χ2n) is 16.1. The van der Waals surface area contributed by atoms with Gasteiger partial charge in [-0.2, -0.15) is 0 Å². The Kier molecular flexibility index (Phi) is 13.0. The molecule has 0 spiro atoms. The van der Waals surface area contributed by atoms with Crippen LogP contribution in [0.2, 0.25) is 0 Å². The summed E-state index contributed by atoms with van der Waals surface area (Å²) in [6, 6.07) is -0.264. The first-order valence-corrected chi connectivity index (χ1v) is 18.2. The minimum Gasteiger partial charge on any atom is -0.459 e. The summed E-state index contributed by atoms with van der Waals surface area (Å²) in [4.78, 5) is 14.2. The number of ether oxygens (including phenoxy) is 7. The van der Waals surface area contributed by atoms with E-state index in [1.54, 1.807) is 34.7 Å². The maximum Gasteiger partial charge on any atom is 0.311 e. The van der Waals surface area contributed by atoms with E-state index in [1.165, 1.54) is 14.0 Å². The van der Waals surface area contributed by atoms with Gasteiger partial charge in [0, 0.05) is 31.4 Å². The van der Waals surface area contributed by atoms with Crippen molar-refractivity contribution in [3.05, 3.63) is 0 Å². The molecule has 13 heteroatoms. The zero-order valence-corrected chi connectivity index (χ0v) is 31.6. The second kappa shape index (κ2) is 15.6. The van der Waals surface area contributed by atoms with Crippen LogP contribution in [0.5, 0.6) is 0 Å². The van der Waals surface area contributed by atoms with Crippen LogP contribution >= 0.6 is 0 Å². The van der Waals surface area contributed by atoms with Crippen LogP contribution in [0.3, 0.4) is 0 Å². The van der Waals surface area contributed by atoms with E-state index in [0.29, 0.717) is 12.8 Å². The fourth-order valence-electron chi connectivity index (χ4n) is 9.00. The quantitative estimate of drug-likeness (QED) is 0.222. The maximum atomic E-state index is 14.2. The lowest BCUT2D eigenvalue weighted by atomic mass is 9.76. The van der Waals surface area contributed by atoms with Gasteiger partial charge >= 0.3 is 5.97 Å². The van der Waals surface area contributed by atoms with Crippen LogP contribution in [-0.4, -0.2) is 131 Å². The molecule has 4 rings (SSSR count). The second-order valence-corrected chi connectivity index (χ2v) is 16.1. The molecule has 0 aromatic rings. The van der Waals surface area contributed by atoms with Crippen molar-refractivity contribution in [3.63, 3.8) is 0 Å². The number of carbonyl (C=O) groups is 1. The van der Waals surface area contributed by atoms with E-state index in [2.05, 4.69) is 12.2 Å². The molecule has 13 nitrogen and oxygen atoms in total. The summed E-state index contributed by atoms with van der Waals surface area (Å²) >= 11 is 0. The third-order valence-corrected chi connectivity index (χ3v) is 12.1. The molecule has 4 aliphatic rings. The van der Waals surface area contributed by atoms with Crippen LogP contribution in [0.1, 0.15) is 94.9 Å². The third kappa shape index (κ3) is 8.02. The van der Waals surface area contributed by atoms with Gasteiger partial charge in [0.25, 0.3) is 0 Å². The van der Waals surface area contributed by atoms with Gasteiger partial charge in [-0.15, -0.1) is 0 Å². The van der Waals surface area contributed by atoms with Crippen molar-refractivity contribution in [1.82, 2.24) is 5.32 Å². The van der Waals surface area contributed by atoms with Crippen LogP contribution < -0.4 is 5.32 Å². The lowest BCUT2D eigenvalue weighted by Gasteiger charge is -2.48. The molecular weight excluding hydrogens is 638 g/mol. The molecule has 4 aliphatic heterocycles. The molecule has 0 unspecified atom stereocenters. The number of esters is 1. The molecule has 0 saturated carbocycles. The SMILES string of the molecule is CC[C@@H](O)[C@@](C)(O)[C@@H]1OC(=O)[C@H](C)[C@@H](O[C@H]2C[C@@](C)(OC)[C@@H](O)[C@H](C)O2)[C@H](C)[C@@H](O[C@@H]2O[C@H](C)C[C@H](NC)[C@H]2O)[C@@]2(C)C[C@@H](C)[C@H](O2)[C@@H]1C. The van der Waals surface area contributed by atoms with Gasteiger partial charge in [0.2, 0.25) is 0 Å². The first kappa shape index (κ1) is 40.8. The number of fused-ring (bicyclic) bond motifs is 2. The molecule has 286 valence electrons. The Hall–Kier alpha value is -0.970. The topological polar surface area (TPSA) is 175 Å². The average molecular weight is 704 g/mol. The Balaban J connectivity index is 1.82. The predicted molar refractivity (Wildman–Crippen MR) is 179 cm³/mol. The first-order valence-electron chi connectivity index (χ1n) is 18.2. The Labute approximate surface area is 292 Å². The van der Waals surface area contributed by atoms with Gasteiger partial charge in [0.1, 0.15) is 23.9 Å². The van der Waals surface area contributed by atoms with Crippen molar-refractivity contribution in [2.75, 3.05) is 14.2 Å².